The van der Waals surface area contributed by atoms with E-state index in [-0.39, 0.29) is 0 Å². The molecular weight excluding hydrogens is 194 g/mol. The second-order valence-electron chi connectivity index (χ2n) is 3.98. The molecule has 0 spiro atoms. The van der Waals surface area contributed by atoms with E-state index in [1.807, 2.05) is 13.1 Å². The molecule has 1 nitrogen and oxygen atoms in total. The number of hydrogen-bond donors (Lipinski definition) is 0. The molecule has 0 unspecified atom stereocenters. The van der Waals surface area contributed by atoms with Crippen molar-refractivity contribution in [3.8, 4) is 0 Å². The number of halogens is 1. The molecule has 0 bridgehead atoms. The van der Waals surface area contributed by atoms with Crippen LogP contribution in [0.5, 0.6) is 0 Å². The zero-order valence-electron chi connectivity index (χ0n) is 8.71. The number of rotatable bonds is 1. The Kier molecular flexibility index (Phi) is 2.28. The van der Waals surface area contributed by atoms with Crippen molar-refractivity contribution in [2.24, 2.45) is 7.05 Å². The number of aromatic nitrogens is 1. The van der Waals surface area contributed by atoms with Crippen LogP contribution in [0, 0.1) is 0 Å². The molecule has 2 aromatic rings. The Morgan fingerprint density at radius 3 is 2.57 bits per heavy atom. The van der Waals surface area contributed by atoms with Crippen LogP contribution in [0.1, 0.15) is 25.3 Å². The van der Waals surface area contributed by atoms with Gasteiger partial charge in [-0.3, -0.25) is 0 Å². The molecular formula is C12H14ClN. The van der Waals surface area contributed by atoms with Gasteiger partial charge in [-0.1, -0.05) is 31.5 Å². The predicted molar refractivity (Wildman–Crippen MR) is 62.0 cm³/mol. The maximum absolute atomic E-state index is 6.16. The third-order valence-electron chi connectivity index (χ3n) is 2.64. The van der Waals surface area contributed by atoms with Gasteiger partial charge < -0.3 is 4.57 Å². The van der Waals surface area contributed by atoms with E-state index in [9.17, 15) is 0 Å². The fourth-order valence-corrected chi connectivity index (χ4v) is 2.19. The minimum absolute atomic E-state index is 0.539. The monoisotopic (exact) mass is 207 g/mol. The Labute approximate surface area is 89.3 Å². The number of hydrogen-bond acceptors (Lipinski definition) is 0. The smallest absolute Gasteiger partial charge is 0.0669 e. The first-order valence-electron chi connectivity index (χ1n) is 4.84. The highest BCUT2D eigenvalue weighted by atomic mass is 35.5. The van der Waals surface area contributed by atoms with Gasteiger partial charge in [0.05, 0.1) is 10.5 Å². The van der Waals surface area contributed by atoms with Gasteiger partial charge in [0.1, 0.15) is 0 Å². The van der Waals surface area contributed by atoms with Crippen LogP contribution in [0.4, 0.5) is 0 Å². The normalized spacial score (nSPS) is 11.5. The lowest BCUT2D eigenvalue weighted by molar-refractivity contribution is 0.876. The summed E-state index contributed by atoms with van der Waals surface area (Å²) in [6.07, 6.45) is 2.06. The summed E-state index contributed by atoms with van der Waals surface area (Å²) in [7, 11) is 2.03. The largest absolute Gasteiger partial charge is 0.349 e. The quantitative estimate of drug-likeness (QED) is 0.667. The number of nitrogens with zero attached hydrogens (tertiary/aromatic N) is 1. The van der Waals surface area contributed by atoms with Crippen molar-refractivity contribution in [1.29, 1.82) is 0 Å². The van der Waals surface area contributed by atoms with E-state index in [1.54, 1.807) is 0 Å². The minimum Gasteiger partial charge on any atom is -0.349 e. The van der Waals surface area contributed by atoms with Crippen LogP contribution in [-0.4, -0.2) is 4.57 Å². The first-order chi connectivity index (χ1) is 6.61. The van der Waals surface area contributed by atoms with Gasteiger partial charge >= 0.3 is 0 Å². The molecule has 0 radical (unpaired) electrons. The zero-order chi connectivity index (χ0) is 10.3. The molecule has 0 aliphatic heterocycles. The van der Waals surface area contributed by atoms with Crippen molar-refractivity contribution in [1.82, 2.24) is 4.57 Å². The summed E-state index contributed by atoms with van der Waals surface area (Å²) in [5, 5.41) is 2.10. The summed E-state index contributed by atoms with van der Waals surface area (Å²) in [6.45, 7) is 4.41. The number of benzene rings is 1. The van der Waals surface area contributed by atoms with Crippen molar-refractivity contribution in [3.63, 3.8) is 0 Å². The van der Waals surface area contributed by atoms with Crippen LogP contribution in [0.15, 0.2) is 24.4 Å². The number of fused-ring (bicyclic) bond motifs is 1. The van der Waals surface area contributed by atoms with Gasteiger partial charge in [0.15, 0.2) is 0 Å². The lowest BCUT2D eigenvalue weighted by Gasteiger charge is -2.08. The Hall–Kier alpha value is -0.950. The van der Waals surface area contributed by atoms with E-state index in [0.717, 1.165) is 10.5 Å². The van der Waals surface area contributed by atoms with Crippen LogP contribution in [-0.2, 0) is 7.05 Å². The maximum Gasteiger partial charge on any atom is 0.0669 e. The SMILES string of the molecule is CC(C)c1ccc(Cl)c2c1ccn2C. The van der Waals surface area contributed by atoms with Crippen LogP contribution in [0.3, 0.4) is 0 Å². The van der Waals surface area contributed by atoms with Gasteiger partial charge in [-0.15, -0.1) is 0 Å². The summed E-state index contributed by atoms with van der Waals surface area (Å²) in [4.78, 5) is 0. The average Bonchev–Trinajstić information content (AvgIpc) is 2.49. The second-order valence-corrected chi connectivity index (χ2v) is 4.39. The van der Waals surface area contributed by atoms with Crippen molar-refractivity contribution in [3.05, 3.63) is 35.0 Å². The fraction of sp³-hybridized carbons (Fsp3) is 0.333. The maximum atomic E-state index is 6.16. The van der Waals surface area contributed by atoms with Gasteiger partial charge in [0.2, 0.25) is 0 Å². The van der Waals surface area contributed by atoms with Gasteiger partial charge in [-0.25, -0.2) is 0 Å². The Balaban J connectivity index is 2.83. The van der Waals surface area contributed by atoms with E-state index in [2.05, 4.69) is 36.7 Å². The molecule has 0 N–H and O–H groups in total. The standard InChI is InChI=1S/C12H14ClN/c1-8(2)9-4-5-11(13)12-10(9)6-7-14(12)3/h4-8H,1-3H3. The molecule has 1 aromatic heterocycles. The predicted octanol–water partition coefficient (Wildman–Crippen LogP) is 3.96. The third kappa shape index (κ3) is 1.32. The molecule has 0 atom stereocenters. The molecule has 0 fully saturated rings. The second kappa shape index (κ2) is 3.32. The minimum atomic E-state index is 0.539. The molecule has 0 aliphatic carbocycles. The summed E-state index contributed by atoms with van der Waals surface area (Å²) in [6, 6.07) is 6.24. The van der Waals surface area contributed by atoms with Crippen molar-refractivity contribution in [2.45, 2.75) is 19.8 Å². The van der Waals surface area contributed by atoms with Gasteiger partial charge in [0, 0.05) is 18.6 Å². The van der Waals surface area contributed by atoms with Crippen LogP contribution in [0.25, 0.3) is 10.9 Å². The van der Waals surface area contributed by atoms with Crippen LogP contribution in [0.2, 0.25) is 5.02 Å². The Bertz CT molecular complexity index is 468. The van der Waals surface area contributed by atoms with E-state index < -0.39 is 0 Å². The van der Waals surface area contributed by atoms with Crippen molar-refractivity contribution >= 4 is 22.5 Å². The first kappa shape index (κ1) is 9.60. The molecule has 0 aliphatic rings. The molecule has 2 rings (SSSR count). The fourth-order valence-electron chi connectivity index (χ4n) is 1.89. The average molecular weight is 208 g/mol. The lowest BCUT2D eigenvalue weighted by Crippen LogP contribution is -1.90. The van der Waals surface area contributed by atoms with E-state index in [0.29, 0.717) is 5.92 Å². The summed E-state index contributed by atoms with van der Waals surface area (Å²) in [5.41, 5.74) is 2.50. The zero-order valence-corrected chi connectivity index (χ0v) is 9.47. The molecule has 14 heavy (non-hydrogen) atoms. The highest BCUT2D eigenvalue weighted by Gasteiger charge is 2.09. The molecule has 0 saturated carbocycles. The molecule has 0 amide bonds. The topological polar surface area (TPSA) is 4.93 Å². The van der Waals surface area contributed by atoms with E-state index in [4.69, 9.17) is 11.6 Å². The van der Waals surface area contributed by atoms with Gasteiger partial charge in [-0.2, -0.15) is 0 Å². The highest BCUT2D eigenvalue weighted by molar-refractivity contribution is 6.35. The van der Waals surface area contributed by atoms with E-state index >= 15 is 0 Å². The van der Waals surface area contributed by atoms with Gasteiger partial charge in [0.25, 0.3) is 0 Å². The van der Waals surface area contributed by atoms with Crippen LogP contribution >= 0.6 is 11.6 Å². The summed E-state index contributed by atoms with van der Waals surface area (Å²) >= 11 is 6.16. The Morgan fingerprint density at radius 2 is 1.93 bits per heavy atom. The number of aryl methyl sites for hydroxylation is 1. The van der Waals surface area contributed by atoms with Gasteiger partial charge in [-0.05, 0) is 23.6 Å². The van der Waals surface area contributed by atoms with E-state index in [1.165, 1.54) is 10.9 Å². The van der Waals surface area contributed by atoms with Crippen LogP contribution < -0.4 is 0 Å². The molecule has 1 heterocycles. The van der Waals surface area contributed by atoms with Crippen molar-refractivity contribution < 1.29 is 0 Å². The molecule has 74 valence electrons. The van der Waals surface area contributed by atoms with Crippen molar-refractivity contribution in [2.75, 3.05) is 0 Å². The first-order valence-corrected chi connectivity index (χ1v) is 5.22. The highest BCUT2D eigenvalue weighted by Crippen LogP contribution is 2.30. The molecule has 2 heteroatoms. The Morgan fingerprint density at radius 1 is 1.21 bits per heavy atom. The third-order valence-corrected chi connectivity index (χ3v) is 2.95. The summed E-state index contributed by atoms with van der Waals surface area (Å²) in [5.74, 6) is 0.539. The molecule has 1 aromatic carbocycles. The summed E-state index contributed by atoms with van der Waals surface area (Å²) < 4.78 is 2.07. The lowest BCUT2D eigenvalue weighted by atomic mass is 9.99. The molecule has 0 saturated heterocycles.